The van der Waals surface area contributed by atoms with Crippen molar-refractivity contribution in [2.45, 2.75) is 23.9 Å². The number of carbonyl (C=O) groups is 2. The summed E-state index contributed by atoms with van der Waals surface area (Å²) in [6.45, 7) is 6.10. The molecule has 2 aromatic heterocycles. The lowest BCUT2D eigenvalue weighted by molar-refractivity contribution is -0.119. The molecule has 0 aliphatic rings. The number of nitrogens with one attached hydrogen (secondary N) is 2. The van der Waals surface area contributed by atoms with E-state index in [9.17, 15) is 9.59 Å². The maximum Gasteiger partial charge on any atom is 0.321 e. The lowest BCUT2D eigenvalue weighted by atomic mass is 10.1. The fraction of sp³-hybridized carbons (Fsp3) is 0.200. The summed E-state index contributed by atoms with van der Waals surface area (Å²) < 4.78 is 7.24. The van der Waals surface area contributed by atoms with Crippen LogP contribution >= 0.6 is 11.8 Å². The Labute approximate surface area is 172 Å². The zero-order valence-electron chi connectivity index (χ0n) is 16.1. The zero-order chi connectivity index (χ0) is 20.8. The van der Waals surface area contributed by atoms with E-state index in [0.717, 1.165) is 16.9 Å². The molecule has 9 heteroatoms. The second-order valence-corrected chi connectivity index (χ2v) is 7.15. The molecular weight excluding hydrogens is 390 g/mol. The third kappa shape index (κ3) is 4.57. The number of rotatable bonds is 7. The number of aromatic nitrogens is 3. The lowest BCUT2D eigenvalue weighted by Crippen LogP contribution is -2.39. The number of amides is 3. The van der Waals surface area contributed by atoms with Gasteiger partial charge in [0, 0.05) is 13.6 Å². The van der Waals surface area contributed by atoms with Crippen molar-refractivity contribution >= 4 is 23.7 Å². The highest BCUT2D eigenvalue weighted by Gasteiger charge is 2.27. The molecule has 0 spiro atoms. The molecule has 0 radical (unpaired) electrons. The highest BCUT2D eigenvalue weighted by molar-refractivity contribution is 8.00. The average molecular weight is 411 g/mol. The molecule has 2 N–H and O–H groups in total. The molecule has 8 nitrogen and oxygen atoms in total. The van der Waals surface area contributed by atoms with Crippen LogP contribution in [0.4, 0.5) is 4.79 Å². The van der Waals surface area contributed by atoms with Gasteiger partial charge in [-0.1, -0.05) is 48.2 Å². The van der Waals surface area contributed by atoms with E-state index in [4.69, 9.17) is 4.42 Å². The third-order valence-corrected chi connectivity index (χ3v) is 5.39. The fourth-order valence-corrected chi connectivity index (χ4v) is 3.78. The standard InChI is InChI=1S/C20H21N5O3S/c1-4-11-25-17(15-10-12-28-13(15)2)23-24-20(25)29-16(14-8-6-5-7-9-14)18(26)22-19(27)21-3/h4-10,12,16H,1,11H2,2-3H3,(H2,21,22,26,27)/t16-/m0/s1. The predicted molar refractivity (Wildman–Crippen MR) is 110 cm³/mol. The molecule has 0 aliphatic carbocycles. The molecule has 0 saturated carbocycles. The van der Waals surface area contributed by atoms with Crippen LogP contribution in [0.2, 0.25) is 0 Å². The Morgan fingerprint density at radius 1 is 1.28 bits per heavy atom. The number of allylic oxidation sites excluding steroid dienone is 1. The SMILES string of the molecule is C=CCn1c(S[C@H](C(=O)NC(=O)NC)c2ccccc2)nnc1-c1ccoc1C. The van der Waals surface area contributed by atoms with Crippen LogP contribution in [-0.2, 0) is 11.3 Å². The topological polar surface area (TPSA) is 102 Å². The largest absolute Gasteiger partial charge is 0.469 e. The molecule has 2 heterocycles. The van der Waals surface area contributed by atoms with Crippen LogP contribution in [0.25, 0.3) is 11.4 Å². The number of furan rings is 1. The van der Waals surface area contributed by atoms with Gasteiger partial charge >= 0.3 is 6.03 Å². The van der Waals surface area contributed by atoms with Crippen molar-refractivity contribution in [3.8, 4) is 11.4 Å². The smallest absolute Gasteiger partial charge is 0.321 e. The quantitative estimate of drug-likeness (QED) is 0.457. The number of hydrogen-bond acceptors (Lipinski definition) is 6. The Morgan fingerprint density at radius 3 is 2.66 bits per heavy atom. The summed E-state index contributed by atoms with van der Waals surface area (Å²) in [6.07, 6.45) is 3.32. The fourth-order valence-electron chi connectivity index (χ4n) is 2.73. The maximum absolute atomic E-state index is 12.8. The molecule has 0 fully saturated rings. The molecule has 3 aromatic rings. The molecular formula is C20H21N5O3S. The minimum atomic E-state index is -0.695. The summed E-state index contributed by atoms with van der Waals surface area (Å²) in [5, 5.41) is 13.1. The highest BCUT2D eigenvalue weighted by Crippen LogP contribution is 2.36. The first-order valence-electron chi connectivity index (χ1n) is 8.88. The first kappa shape index (κ1) is 20.4. The molecule has 150 valence electrons. The minimum absolute atomic E-state index is 0.449. The number of hydrogen-bond donors (Lipinski definition) is 2. The Morgan fingerprint density at radius 2 is 2.03 bits per heavy atom. The maximum atomic E-state index is 12.8. The van der Waals surface area contributed by atoms with E-state index in [0.29, 0.717) is 17.5 Å². The van der Waals surface area contributed by atoms with E-state index in [-0.39, 0.29) is 0 Å². The summed E-state index contributed by atoms with van der Waals surface area (Å²) >= 11 is 1.21. The van der Waals surface area contributed by atoms with Gasteiger partial charge in [0.15, 0.2) is 11.0 Å². The van der Waals surface area contributed by atoms with Crippen molar-refractivity contribution in [3.63, 3.8) is 0 Å². The van der Waals surface area contributed by atoms with Crippen molar-refractivity contribution in [2.24, 2.45) is 0 Å². The Hall–Kier alpha value is -3.33. The molecule has 29 heavy (non-hydrogen) atoms. The van der Waals surface area contributed by atoms with Gasteiger partial charge in [0.2, 0.25) is 5.91 Å². The van der Waals surface area contributed by atoms with Crippen molar-refractivity contribution in [1.29, 1.82) is 0 Å². The van der Waals surface area contributed by atoms with E-state index in [2.05, 4.69) is 27.4 Å². The monoisotopic (exact) mass is 411 g/mol. The van der Waals surface area contributed by atoms with Gasteiger partial charge in [0.05, 0.1) is 11.8 Å². The van der Waals surface area contributed by atoms with Gasteiger partial charge in [-0.25, -0.2) is 4.79 Å². The number of aryl methyl sites for hydroxylation is 1. The third-order valence-electron chi connectivity index (χ3n) is 4.16. The first-order chi connectivity index (χ1) is 14.0. The number of carbonyl (C=O) groups excluding carboxylic acids is 2. The molecule has 3 rings (SSSR count). The van der Waals surface area contributed by atoms with Crippen LogP contribution in [0.1, 0.15) is 16.6 Å². The van der Waals surface area contributed by atoms with Gasteiger partial charge < -0.3 is 9.73 Å². The van der Waals surface area contributed by atoms with Crippen molar-refractivity contribution in [3.05, 3.63) is 66.6 Å². The van der Waals surface area contributed by atoms with Gasteiger partial charge in [0.25, 0.3) is 0 Å². The lowest BCUT2D eigenvalue weighted by Gasteiger charge is -2.16. The van der Waals surface area contributed by atoms with E-state index >= 15 is 0 Å². The molecule has 3 amide bonds. The first-order valence-corrected chi connectivity index (χ1v) is 9.75. The Balaban J connectivity index is 1.98. The van der Waals surface area contributed by atoms with Crippen LogP contribution < -0.4 is 10.6 Å². The molecule has 0 saturated heterocycles. The van der Waals surface area contributed by atoms with Crippen LogP contribution in [0.3, 0.4) is 0 Å². The molecule has 0 aliphatic heterocycles. The molecule has 1 aromatic carbocycles. The van der Waals surface area contributed by atoms with Crippen LogP contribution in [0, 0.1) is 6.92 Å². The van der Waals surface area contributed by atoms with E-state index < -0.39 is 17.2 Å². The number of imide groups is 1. The highest BCUT2D eigenvalue weighted by atomic mass is 32.2. The summed E-state index contributed by atoms with van der Waals surface area (Å²) in [6, 6.07) is 10.4. The van der Waals surface area contributed by atoms with Crippen LogP contribution in [-0.4, -0.2) is 33.8 Å². The summed E-state index contributed by atoms with van der Waals surface area (Å²) in [5.74, 6) is 0.892. The average Bonchev–Trinajstić information content (AvgIpc) is 3.32. The zero-order valence-corrected chi connectivity index (χ0v) is 16.9. The van der Waals surface area contributed by atoms with Crippen molar-refractivity contribution < 1.29 is 14.0 Å². The number of benzene rings is 1. The minimum Gasteiger partial charge on any atom is -0.469 e. The molecule has 1 atom stereocenters. The summed E-state index contributed by atoms with van der Waals surface area (Å²) in [4.78, 5) is 24.5. The van der Waals surface area contributed by atoms with Crippen molar-refractivity contribution in [1.82, 2.24) is 25.4 Å². The second kappa shape index (κ2) is 9.24. The Kier molecular flexibility index (Phi) is 6.50. The molecule has 0 unspecified atom stereocenters. The van der Waals surface area contributed by atoms with Gasteiger partial charge in [-0.3, -0.25) is 14.7 Å². The molecule has 0 bridgehead atoms. The van der Waals surface area contributed by atoms with E-state index in [1.54, 1.807) is 12.3 Å². The van der Waals surface area contributed by atoms with Gasteiger partial charge in [-0.2, -0.15) is 0 Å². The van der Waals surface area contributed by atoms with E-state index in [1.807, 2.05) is 47.9 Å². The van der Waals surface area contributed by atoms with Crippen LogP contribution in [0.15, 0.2) is 64.9 Å². The Bertz CT molecular complexity index is 1010. The number of thioether (sulfide) groups is 1. The summed E-state index contributed by atoms with van der Waals surface area (Å²) in [5.41, 5.74) is 1.56. The van der Waals surface area contributed by atoms with Gasteiger partial charge in [-0.15, -0.1) is 16.8 Å². The van der Waals surface area contributed by atoms with Gasteiger partial charge in [0.1, 0.15) is 11.0 Å². The summed E-state index contributed by atoms with van der Waals surface area (Å²) in [7, 11) is 1.45. The van der Waals surface area contributed by atoms with Crippen LogP contribution in [0.5, 0.6) is 0 Å². The normalized spacial score (nSPS) is 11.7. The van der Waals surface area contributed by atoms with Gasteiger partial charge in [-0.05, 0) is 18.6 Å². The predicted octanol–water partition coefficient (Wildman–Crippen LogP) is 3.32. The van der Waals surface area contributed by atoms with Crippen molar-refractivity contribution in [2.75, 3.05) is 7.05 Å². The number of urea groups is 1. The van der Waals surface area contributed by atoms with E-state index in [1.165, 1.54) is 18.8 Å². The number of nitrogens with zero attached hydrogens (tertiary/aromatic N) is 3. The second-order valence-electron chi connectivity index (χ2n) is 6.07.